The van der Waals surface area contributed by atoms with Crippen LogP contribution in [0, 0.1) is 6.92 Å². The lowest BCUT2D eigenvalue weighted by Crippen LogP contribution is -2.41. The quantitative estimate of drug-likeness (QED) is 0.0708. The Bertz CT molecular complexity index is 1890. The first-order valence-electron chi connectivity index (χ1n) is 21.8. The zero-order valence-corrected chi connectivity index (χ0v) is 39.9. The van der Waals surface area contributed by atoms with Gasteiger partial charge in [0.05, 0.1) is 39.3 Å². The standard InChI is InChI=1S/C25H40O.C22H23O3S.C3H3F5S2/c1-4-12-19(5-2)23-17-22(20-13-8-6-9-14-20)18-24(25(23)26-3)21-15-10-7-11-16-21;1-16-11-12-19(25-4)15-22(16)26(20-9-5-7-17(13-20)23-2)21-10-6-8-18(14-21)24-3;4-1(9)2(5,6)3(7,8)10/h17-21H,4-16H2,1-3H3;5-15H,1-4H3;1,9-10H/q;+1;. The van der Waals surface area contributed by atoms with Crippen LogP contribution in [-0.2, 0) is 10.9 Å². The minimum Gasteiger partial charge on any atom is -0.497 e. The van der Waals surface area contributed by atoms with E-state index in [1.807, 2.05) is 37.4 Å². The summed E-state index contributed by atoms with van der Waals surface area (Å²) in [6.07, 6.45) is 17.7. The Morgan fingerprint density at radius 3 is 1.63 bits per heavy atom. The predicted molar refractivity (Wildman–Crippen MR) is 251 cm³/mol. The van der Waals surface area contributed by atoms with Crippen LogP contribution in [0.3, 0.4) is 0 Å². The molecule has 6 rings (SSSR count). The van der Waals surface area contributed by atoms with Crippen molar-refractivity contribution in [1.29, 1.82) is 0 Å². The number of halogens is 5. The zero-order chi connectivity index (χ0) is 45.5. The molecule has 2 saturated carbocycles. The van der Waals surface area contributed by atoms with Gasteiger partial charge >= 0.3 is 11.2 Å². The van der Waals surface area contributed by atoms with Gasteiger partial charge in [0.15, 0.2) is 14.7 Å². The molecule has 2 aliphatic rings. The number of aryl methyl sites for hydroxylation is 1. The lowest BCUT2D eigenvalue weighted by molar-refractivity contribution is -0.168. The lowest BCUT2D eigenvalue weighted by atomic mass is 9.76. The van der Waals surface area contributed by atoms with E-state index in [0.717, 1.165) is 29.1 Å². The van der Waals surface area contributed by atoms with Crippen LogP contribution in [0.1, 0.15) is 137 Å². The van der Waals surface area contributed by atoms with Crippen molar-refractivity contribution in [3.05, 3.63) is 101 Å². The highest BCUT2D eigenvalue weighted by atomic mass is 32.2. The summed E-state index contributed by atoms with van der Waals surface area (Å²) in [5, 5.41) is -4.67. The molecule has 0 aromatic heterocycles. The Morgan fingerprint density at radius 1 is 0.677 bits per heavy atom. The fraction of sp³-hybridized carbons (Fsp3) is 0.520. The van der Waals surface area contributed by atoms with E-state index < -0.39 is 16.7 Å². The summed E-state index contributed by atoms with van der Waals surface area (Å²) < 4.78 is 80.7. The van der Waals surface area contributed by atoms with Crippen LogP contribution < -0.4 is 18.9 Å². The average Bonchev–Trinajstić information content (AvgIpc) is 3.29. The molecule has 0 radical (unpaired) electrons. The van der Waals surface area contributed by atoms with Gasteiger partial charge < -0.3 is 18.9 Å². The van der Waals surface area contributed by atoms with Gasteiger partial charge in [-0.2, -0.15) is 17.6 Å². The molecule has 0 bridgehead atoms. The van der Waals surface area contributed by atoms with Gasteiger partial charge in [0.25, 0.3) is 0 Å². The fourth-order valence-electron chi connectivity index (χ4n) is 8.47. The number of thiol groups is 2. The first-order chi connectivity index (χ1) is 29.6. The molecule has 4 aromatic carbocycles. The van der Waals surface area contributed by atoms with E-state index in [2.05, 4.69) is 94.6 Å². The summed E-state index contributed by atoms with van der Waals surface area (Å²) in [7, 11) is 6.69. The molecule has 2 atom stereocenters. The van der Waals surface area contributed by atoms with E-state index in [1.165, 1.54) is 115 Å². The molecule has 2 aliphatic carbocycles. The van der Waals surface area contributed by atoms with Crippen LogP contribution in [0.15, 0.2) is 93.5 Å². The Hall–Kier alpha value is -3.22. The Labute approximate surface area is 381 Å². The van der Waals surface area contributed by atoms with Gasteiger partial charge in [0.1, 0.15) is 23.0 Å². The van der Waals surface area contributed by atoms with Crippen molar-refractivity contribution < 1.29 is 40.9 Å². The Kier molecular flexibility index (Phi) is 20.5. The van der Waals surface area contributed by atoms with Gasteiger partial charge in [-0.3, -0.25) is 0 Å². The summed E-state index contributed by atoms with van der Waals surface area (Å²) in [5.41, 5.74) is 2.73. The highest BCUT2D eigenvalue weighted by molar-refractivity contribution is 7.97. The van der Waals surface area contributed by atoms with Crippen molar-refractivity contribution >= 4 is 36.2 Å². The minimum absolute atomic E-state index is 0.302. The first-order valence-corrected chi connectivity index (χ1v) is 24.0. The maximum Gasteiger partial charge on any atom is 0.359 e. The number of rotatable bonds is 15. The second kappa shape index (κ2) is 24.7. The molecule has 0 spiro atoms. The molecule has 2 fully saturated rings. The molecular weight excluding hydrogens is 856 g/mol. The van der Waals surface area contributed by atoms with Crippen LogP contribution in [0.25, 0.3) is 0 Å². The van der Waals surface area contributed by atoms with E-state index in [9.17, 15) is 22.0 Å². The largest absolute Gasteiger partial charge is 0.497 e. The van der Waals surface area contributed by atoms with E-state index in [-0.39, 0.29) is 10.9 Å². The van der Waals surface area contributed by atoms with Crippen LogP contribution >= 0.6 is 25.3 Å². The third kappa shape index (κ3) is 13.6. The van der Waals surface area contributed by atoms with Crippen molar-refractivity contribution in [2.45, 2.75) is 153 Å². The second-order valence-corrected chi connectivity index (χ2v) is 19.1. The number of hydrogen-bond donors (Lipinski definition) is 2. The maximum absolute atomic E-state index is 11.8. The smallest absolute Gasteiger partial charge is 0.359 e. The van der Waals surface area contributed by atoms with Crippen molar-refractivity contribution in [1.82, 2.24) is 0 Å². The Balaban J connectivity index is 0.000000225. The summed E-state index contributed by atoms with van der Waals surface area (Å²) in [6, 6.07) is 27.8. The first kappa shape index (κ1) is 51.4. The van der Waals surface area contributed by atoms with Gasteiger partial charge in [-0.25, -0.2) is 4.39 Å². The molecule has 4 aromatic rings. The van der Waals surface area contributed by atoms with Crippen molar-refractivity contribution in [2.75, 3.05) is 28.4 Å². The van der Waals surface area contributed by atoms with Crippen LogP contribution in [0.5, 0.6) is 23.0 Å². The minimum atomic E-state index is -4.83. The molecule has 0 N–H and O–H groups in total. The second-order valence-electron chi connectivity index (χ2n) is 16.1. The fourth-order valence-corrected chi connectivity index (χ4v) is 11.1. The molecule has 342 valence electrons. The van der Waals surface area contributed by atoms with Crippen LogP contribution in [0.4, 0.5) is 22.0 Å². The number of ether oxygens (including phenoxy) is 4. The van der Waals surface area contributed by atoms with Gasteiger partial charge in [0, 0.05) is 23.8 Å². The number of hydrogen-bond acceptors (Lipinski definition) is 6. The predicted octanol–water partition coefficient (Wildman–Crippen LogP) is 15.6. The zero-order valence-electron chi connectivity index (χ0n) is 37.3. The maximum atomic E-state index is 11.8. The number of methoxy groups -OCH3 is 4. The van der Waals surface area contributed by atoms with Crippen molar-refractivity contribution in [3.63, 3.8) is 0 Å². The van der Waals surface area contributed by atoms with Gasteiger partial charge in [-0.05, 0) is 110 Å². The van der Waals surface area contributed by atoms with E-state index >= 15 is 0 Å². The average molecular weight is 922 g/mol. The molecule has 2 unspecified atom stereocenters. The molecular formula is C50H66F5O4S3+. The SMILES string of the molecule is CCCC(CC)c1cc(C2CCCCC2)cc(C2CCCCC2)c1OC.COc1cccc([S+](c2cccc(OC)c2)c2cc(OC)ccc2C)c1.FC(S)C(F)(F)C(F)(F)S. The van der Waals surface area contributed by atoms with Crippen LogP contribution in [-0.4, -0.2) is 45.1 Å². The molecule has 0 amide bonds. The van der Waals surface area contributed by atoms with Gasteiger partial charge in [-0.1, -0.05) is 102 Å². The van der Waals surface area contributed by atoms with E-state index in [1.54, 1.807) is 32.5 Å². The van der Waals surface area contributed by atoms with Crippen molar-refractivity contribution in [3.8, 4) is 23.0 Å². The van der Waals surface area contributed by atoms with E-state index in [0.29, 0.717) is 5.92 Å². The molecule has 62 heavy (non-hydrogen) atoms. The monoisotopic (exact) mass is 921 g/mol. The summed E-state index contributed by atoms with van der Waals surface area (Å²) >= 11 is 4.73. The number of alkyl halides is 5. The summed E-state index contributed by atoms with van der Waals surface area (Å²) in [4.78, 5) is 3.61. The molecule has 12 heteroatoms. The molecule has 0 heterocycles. The van der Waals surface area contributed by atoms with Gasteiger partial charge in [-0.15, -0.1) is 12.6 Å². The molecule has 4 nitrogen and oxygen atoms in total. The normalized spacial score (nSPS) is 16.0. The van der Waals surface area contributed by atoms with Crippen molar-refractivity contribution in [2.24, 2.45) is 0 Å². The Morgan fingerprint density at radius 2 is 1.19 bits per heavy atom. The van der Waals surface area contributed by atoms with Gasteiger partial charge in [0.2, 0.25) is 5.50 Å². The summed E-state index contributed by atoms with van der Waals surface area (Å²) in [6.45, 7) is 6.81. The third-order valence-electron chi connectivity index (χ3n) is 11.9. The molecule has 0 aliphatic heterocycles. The van der Waals surface area contributed by atoms with Crippen LogP contribution in [0.2, 0.25) is 0 Å². The summed E-state index contributed by atoms with van der Waals surface area (Å²) in [5.74, 6) is 1.13. The highest BCUT2D eigenvalue weighted by Crippen LogP contribution is 2.46. The lowest BCUT2D eigenvalue weighted by Gasteiger charge is -2.30. The highest BCUT2D eigenvalue weighted by Gasteiger charge is 2.58. The van der Waals surface area contributed by atoms with E-state index in [4.69, 9.17) is 18.9 Å². The molecule has 0 saturated heterocycles. The third-order valence-corrected chi connectivity index (χ3v) is 14.9. The topological polar surface area (TPSA) is 36.9 Å². The number of benzene rings is 4.